The summed E-state index contributed by atoms with van der Waals surface area (Å²) in [5.74, 6) is 0. The van der Waals surface area contributed by atoms with Gasteiger partial charge < -0.3 is 14.6 Å². The van der Waals surface area contributed by atoms with Crippen molar-refractivity contribution in [2.24, 2.45) is 0 Å². The summed E-state index contributed by atoms with van der Waals surface area (Å²) in [5, 5.41) is 0. The van der Waals surface area contributed by atoms with Crippen molar-refractivity contribution in [1.29, 1.82) is 0 Å². The number of H-pyrrole nitrogens is 1. The van der Waals surface area contributed by atoms with Crippen molar-refractivity contribution < 1.29 is 9.53 Å². The Bertz CT molecular complexity index is 364. The molecule has 0 unspecified atom stereocenters. The van der Waals surface area contributed by atoms with Crippen LogP contribution in [-0.2, 0) is 11.2 Å². The molecule has 1 aromatic heterocycles. The molecule has 0 spiro atoms. The molecule has 0 aliphatic rings. The highest BCUT2D eigenvalue weighted by molar-refractivity contribution is 5.68. The van der Waals surface area contributed by atoms with Gasteiger partial charge in [-0.25, -0.2) is 9.78 Å². The molecule has 0 fully saturated rings. The molecule has 0 atom stereocenters. The molecule has 1 N–H and O–H groups in total. The average molecular weight is 249 g/mol. The minimum Gasteiger partial charge on any atom is -0.449 e. The second kappa shape index (κ2) is 8.11. The number of nitrogens with one attached hydrogen (secondary N) is 1. The Morgan fingerprint density at radius 3 is 2.72 bits per heavy atom. The average Bonchev–Trinajstić information content (AvgIpc) is 2.87. The number of carbonyl (C=O) groups excluding carboxylic acids is 1. The van der Waals surface area contributed by atoms with Crippen LogP contribution in [0.3, 0.4) is 0 Å². The van der Waals surface area contributed by atoms with Gasteiger partial charge in [-0.2, -0.15) is 0 Å². The minimum atomic E-state index is -0.336. The first-order chi connectivity index (χ1) is 8.77. The second-order valence-corrected chi connectivity index (χ2v) is 3.76. The predicted molar refractivity (Wildman–Crippen MR) is 70.2 cm³/mol. The zero-order valence-corrected chi connectivity index (χ0v) is 10.5. The maximum absolute atomic E-state index is 11.7. The zero-order valence-electron chi connectivity index (χ0n) is 10.5. The largest absolute Gasteiger partial charge is 0.449 e. The number of aromatic nitrogens is 2. The lowest BCUT2D eigenvalue weighted by Gasteiger charge is -2.18. The van der Waals surface area contributed by atoms with Crippen LogP contribution in [-0.4, -0.2) is 40.7 Å². The number of aryl methyl sites for hydroxylation is 1. The van der Waals surface area contributed by atoms with Crippen molar-refractivity contribution in [2.45, 2.75) is 12.8 Å². The van der Waals surface area contributed by atoms with E-state index in [-0.39, 0.29) is 6.09 Å². The smallest absolute Gasteiger partial charge is 0.410 e. The van der Waals surface area contributed by atoms with Gasteiger partial charge in [0.2, 0.25) is 0 Å². The second-order valence-electron chi connectivity index (χ2n) is 3.76. The molecule has 1 aromatic rings. The van der Waals surface area contributed by atoms with Crippen molar-refractivity contribution in [3.63, 3.8) is 0 Å². The predicted octanol–water partition coefficient (Wildman–Crippen LogP) is 2.15. The lowest BCUT2D eigenvalue weighted by Crippen LogP contribution is -2.32. The topological polar surface area (TPSA) is 58.2 Å². The van der Waals surface area contributed by atoms with Crippen LogP contribution in [0, 0.1) is 0 Å². The highest BCUT2D eigenvalue weighted by atomic mass is 16.6. The standard InChI is InChI=1S/C13H19N3O2/c1-3-7-16(8-4-2)13(17)18-9-5-6-12-10-14-11-15-12/h3-4,10-11H,1-2,5-9H2,(H,14,15). The van der Waals surface area contributed by atoms with Crippen LogP contribution in [0.1, 0.15) is 12.1 Å². The number of amides is 1. The van der Waals surface area contributed by atoms with Gasteiger partial charge in [-0.1, -0.05) is 12.2 Å². The molecular formula is C13H19N3O2. The van der Waals surface area contributed by atoms with Gasteiger partial charge in [0.25, 0.3) is 0 Å². The van der Waals surface area contributed by atoms with Gasteiger partial charge in [-0.05, 0) is 12.8 Å². The molecule has 98 valence electrons. The van der Waals surface area contributed by atoms with Gasteiger partial charge in [-0.3, -0.25) is 0 Å². The van der Waals surface area contributed by atoms with Crippen LogP contribution >= 0.6 is 0 Å². The van der Waals surface area contributed by atoms with Crippen molar-refractivity contribution in [3.05, 3.63) is 43.5 Å². The summed E-state index contributed by atoms with van der Waals surface area (Å²) >= 11 is 0. The Balaban J connectivity index is 2.22. The van der Waals surface area contributed by atoms with Gasteiger partial charge in [0.1, 0.15) is 0 Å². The number of nitrogens with zero attached hydrogens (tertiary/aromatic N) is 2. The highest BCUT2D eigenvalue weighted by Gasteiger charge is 2.11. The Labute approximate surface area is 107 Å². The lowest BCUT2D eigenvalue weighted by molar-refractivity contribution is 0.109. The molecule has 0 aromatic carbocycles. The zero-order chi connectivity index (χ0) is 13.2. The van der Waals surface area contributed by atoms with E-state index in [0.717, 1.165) is 18.5 Å². The summed E-state index contributed by atoms with van der Waals surface area (Å²) in [6.07, 6.45) is 8.01. The van der Waals surface area contributed by atoms with E-state index in [1.807, 2.05) is 6.20 Å². The van der Waals surface area contributed by atoms with Crippen LogP contribution in [0.4, 0.5) is 4.79 Å². The molecule has 0 saturated carbocycles. The van der Waals surface area contributed by atoms with Gasteiger partial charge >= 0.3 is 6.09 Å². The lowest BCUT2D eigenvalue weighted by atomic mass is 10.3. The summed E-state index contributed by atoms with van der Waals surface area (Å²) in [4.78, 5) is 20.2. The van der Waals surface area contributed by atoms with E-state index in [1.165, 1.54) is 4.90 Å². The van der Waals surface area contributed by atoms with Crippen LogP contribution in [0.2, 0.25) is 0 Å². The van der Waals surface area contributed by atoms with Crippen molar-refractivity contribution in [1.82, 2.24) is 14.9 Å². The van der Waals surface area contributed by atoms with Crippen LogP contribution < -0.4 is 0 Å². The summed E-state index contributed by atoms with van der Waals surface area (Å²) in [6.45, 7) is 8.51. The van der Waals surface area contributed by atoms with Crippen LogP contribution in [0.5, 0.6) is 0 Å². The fraction of sp³-hybridized carbons (Fsp3) is 0.385. The molecule has 0 saturated heterocycles. The Morgan fingerprint density at radius 2 is 2.17 bits per heavy atom. The van der Waals surface area contributed by atoms with Crippen molar-refractivity contribution in [3.8, 4) is 0 Å². The van der Waals surface area contributed by atoms with Crippen LogP contribution in [0.15, 0.2) is 37.8 Å². The summed E-state index contributed by atoms with van der Waals surface area (Å²) in [7, 11) is 0. The number of imidazole rings is 1. The Morgan fingerprint density at radius 1 is 1.44 bits per heavy atom. The third-order valence-corrected chi connectivity index (χ3v) is 2.31. The summed E-state index contributed by atoms with van der Waals surface area (Å²) < 4.78 is 5.16. The number of aromatic amines is 1. The third kappa shape index (κ3) is 4.86. The van der Waals surface area contributed by atoms with E-state index in [1.54, 1.807) is 18.5 Å². The number of hydrogen-bond acceptors (Lipinski definition) is 3. The Kier molecular flexibility index (Phi) is 6.32. The molecule has 0 radical (unpaired) electrons. The molecule has 0 aliphatic carbocycles. The fourth-order valence-corrected chi connectivity index (χ4v) is 1.47. The molecule has 1 heterocycles. The van der Waals surface area contributed by atoms with Gasteiger partial charge in [-0.15, -0.1) is 13.2 Å². The van der Waals surface area contributed by atoms with Crippen LogP contribution in [0.25, 0.3) is 0 Å². The third-order valence-electron chi connectivity index (χ3n) is 2.31. The first-order valence-corrected chi connectivity index (χ1v) is 5.89. The number of ether oxygens (including phenoxy) is 1. The molecule has 5 nitrogen and oxygen atoms in total. The first kappa shape index (κ1) is 14.0. The SMILES string of the molecule is C=CCN(CC=C)C(=O)OCCCc1c[nH]cn1. The Hall–Kier alpha value is -2.04. The molecule has 1 amide bonds. The van der Waals surface area contributed by atoms with E-state index < -0.39 is 0 Å². The van der Waals surface area contributed by atoms with E-state index in [0.29, 0.717) is 19.7 Å². The molecule has 0 aliphatic heterocycles. The van der Waals surface area contributed by atoms with Gasteiger partial charge in [0.15, 0.2) is 0 Å². The number of hydrogen-bond donors (Lipinski definition) is 1. The summed E-state index contributed by atoms with van der Waals surface area (Å²) in [5.41, 5.74) is 0.972. The number of rotatable bonds is 8. The molecule has 18 heavy (non-hydrogen) atoms. The van der Waals surface area contributed by atoms with E-state index in [9.17, 15) is 4.79 Å². The maximum Gasteiger partial charge on any atom is 0.410 e. The van der Waals surface area contributed by atoms with Gasteiger partial charge in [0, 0.05) is 19.3 Å². The molecule has 5 heteroatoms. The fourth-order valence-electron chi connectivity index (χ4n) is 1.47. The normalized spacial score (nSPS) is 9.78. The minimum absolute atomic E-state index is 0.336. The first-order valence-electron chi connectivity index (χ1n) is 5.89. The van der Waals surface area contributed by atoms with Crippen molar-refractivity contribution >= 4 is 6.09 Å². The summed E-state index contributed by atoms with van der Waals surface area (Å²) in [6, 6.07) is 0. The molecule has 0 bridgehead atoms. The van der Waals surface area contributed by atoms with E-state index in [4.69, 9.17) is 4.74 Å². The van der Waals surface area contributed by atoms with E-state index in [2.05, 4.69) is 23.1 Å². The molecule has 1 rings (SSSR count). The highest BCUT2D eigenvalue weighted by Crippen LogP contribution is 2.00. The number of carbonyl (C=O) groups is 1. The van der Waals surface area contributed by atoms with E-state index >= 15 is 0 Å². The molecular weight excluding hydrogens is 230 g/mol. The maximum atomic E-state index is 11.7. The monoisotopic (exact) mass is 249 g/mol. The quantitative estimate of drug-likeness (QED) is 0.567. The van der Waals surface area contributed by atoms with Crippen molar-refractivity contribution in [2.75, 3.05) is 19.7 Å². The van der Waals surface area contributed by atoms with Gasteiger partial charge in [0.05, 0.1) is 18.6 Å².